The van der Waals surface area contributed by atoms with E-state index in [0.717, 1.165) is 23.9 Å². The first kappa shape index (κ1) is 14.5. The van der Waals surface area contributed by atoms with E-state index >= 15 is 0 Å². The summed E-state index contributed by atoms with van der Waals surface area (Å²) in [5.41, 5.74) is 5.36. The summed E-state index contributed by atoms with van der Waals surface area (Å²) in [5.74, 6) is 0.194. The molecule has 0 spiro atoms. The number of nitrogens with one attached hydrogen (secondary N) is 1. The maximum Gasteiger partial charge on any atom is 0.162 e. The number of rotatable bonds is 2. The van der Waals surface area contributed by atoms with E-state index in [0.29, 0.717) is 5.69 Å². The lowest BCUT2D eigenvalue weighted by Crippen LogP contribution is -1.99. The Morgan fingerprint density at radius 2 is 1.91 bits per heavy atom. The van der Waals surface area contributed by atoms with Gasteiger partial charge in [-0.2, -0.15) is 4.36 Å². The molecule has 0 aliphatic heterocycles. The van der Waals surface area contributed by atoms with Gasteiger partial charge < -0.3 is 9.54 Å². The van der Waals surface area contributed by atoms with Gasteiger partial charge in [-0.3, -0.25) is 0 Å². The quantitative estimate of drug-likeness (QED) is 0.731. The zero-order valence-corrected chi connectivity index (χ0v) is 13.6. The number of hydrogen-bond donors (Lipinski definition) is 2. The monoisotopic (exact) mass is 326 g/mol. The Labute approximate surface area is 135 Å². The first-order valence-corrected chi connectivity index (χ1v) is 9.54. The van der Waals surface area contributed by atoms with E-state index in [9.17, 15) is 8.76 Å². The minimum absolute atomic E-state index is 0.194. The Kier molecular flexibility index (Phi) is 3.28. The average Bonchev–Trinajstić information content (AvgIpc) is 3.05. The summed E-state index contributed by atoms with van der Waals surface area (Å²) in [4.78, 5) is 3.54. The highest BCUT2D eigenvalue weighted by molar-refractivity contribution is 7.87. The number of H-pyrrole nitrogens is 1. The summed E-state index contributed by atoms with van der Waals surface area (Å²) in [7, 11) is -3.17. The summed E-state index contributed by atoms with van der Waals surface area (Å²) >= 11 is 0. The van der Waals surface area contributed by atoms with E-state index in [1.807, 2.05) is 30.3 Å². The molecule has 23 heavy (non-hydrogen) atoms. The van der Waals surface area contributed by atoms with E-state index in [-0.39, 0.29) is 5.92 Å². The lowest BCUT2D eigenvalue weighted by atomic mass is 9.95. The fourth-order valence-corrected chi connectivity index (χ4v) is 4.11. The van der Waals surface area contributed by atoms with Crippen molar-refractivity contribution in [2.45, 2.75) is 18.8 Å². The van der Waals surface area contributed by atoms with Crippen molar-refractivity contribution in [1.82, 2.24) is 4.98 Å². The number of hydrogen-bond acceptors (Lipinski definition) is 2. The van der Waals surface area contributed by atoms with Crippen LogP contribution in [0.2, 0.25) is 0 Å². The SMILES string of the molecule is CS(=O)(O)=Nc1ccccc1C1CCc2c1[nH]c1ccccc21. The molecule has 0 fully saturated rings. The van der Waals surface area contributed by atoms with Crippen LogP contribution in [0.4, 0.5) is 5.69 Å². The number of aryl methyl sites for hydroxylation is 1. The van der Waals surface area contributed by atoms with Crippen molar-refractivity contribution in [2.24, 2.45) is 4.36 Å². The average molecular weight is 326 g/mol. The summed E-state index contributed by atoms with van der Waals surface area (Å²) in [5, 5.41) is 1.28. The first-order chi connectivity index (χ1) is 11.0. The van der Waals surface area contributed by atoms with Gasteiger partial charge in [0.05, 0.1) is 5.69 Å². The second kappa shape index (κ2) is 5.22. The molecule has 1 aliphatic carbocycles. The standard InChI is InChI=1S/C18H18N2O2S/c1-23(21,22)20-17-9-5-3-7-13(17)15-11-10-14-12-6-2-4-8-16(12)19-18(14)15/h2-9,15,19H,10-11H2,1H3,(H,20,21,22). The summed E-state index contributed by atoms with van der Waals surface area (Å²) in [6.45, 7) is 0. The number of nitrogens with zero attached hydrogens (tertiary/aromatic N) is 1. The van der Waals surface area contributed by atoms with Gasteiger partial charge in [0.2, 0.25) is 0 Å². The van der Waals surface area contributed by atoms with E-state index in [1.165, 1.54) is 22.9 Å². The van der Waals surface area contributed by atoms with Gasteiger partial charge in [-0.05, 0) is 36.1 Å². The van der Waals surface area contributed by atoms with Crippen molar-refractivity contribution in [1.29, 1.82) is 0 Å². The molecule has 118 valence electrons. The molecule has 0 radical (unpaired) electrons. The lowest BCUT2D eigenvalue weighted by molar-refractivity contribution is 0.559. The highest BCUT2D eigenvalue weighted by Gasteiger charge is 2.29. The number of benzene rings is 2. The fraction of sp³-hybridized carbons (Fsp3) is 0.222. The molecule has 3 aromatic rings. The number of fused-ring (bicyclic) bond motifs is 3. The Balaban J connectivity index is 1.88. The van der Waals surface area contributed by atoms with Crippen LogP contribution in [-0.2, 0) is 16.4 Å². The summed E-state index contributed by atoms with van der Waals surface area (Å²) in [6.07, 6.45) is 3.25. The second-order valence-electron chi connectivity index (χ2n) is 6.07. The molecule has 4 rings (SSSR count). The van der Waals surface area contributed by atoms with Gasteiger partial charge in [-0.1, -0.05) is 36.4 Å². The van der Waals surface area contributed by atoms with Crippen LogP contribution in [0.5, 0.6) is 0 Å². The smallest absolute Gasteiger partial charge is 0.162 e. The Morgan fingerprint density at radius 1 is 1.17 bits per heavy atom. The normalized spacial score (nSPS) is 19.5. The molecule has 0 amide bonds. The first-order valence-electron chi connectivity index (χ1n) is 7.66. The third-order valence-electron chi connectivity index (χ3n) is 4.46. The van der Waals surface area contributed by atoms with Crippen LogP contribution >= 0.6 is 0 Å². The summed E-state index contributed by atoms with van der Waals surface area (Å²) in [6, 6.07) is 16.0. The molecule has 0 saturated heterocycles. The van der Waals surface area contributed by atoms with Gasteiger partial charge in [0.15, 0.2) is 10.0 Å². The molecule has 0 bridgehead atoms. The van der Waals surface area contributed by atoms with Gasteiger partial charge in [0.1, 0.15) is 0 Å². The van der Waals surface area contributed by atoms with Gasteiger partial charge in [-0.25, -0.2) is 4.21 Å². The van der Waals surface area contributed by atoms with Gasteiger partial charge in [0.25, 0.3) is 0 Å². The maximum absolute atomic E-state index is 11.7. The Bertz CT molecular complexity index is 1000. The molecule has 2 aromatic carbocycles. The van der Waals surface area contributed by atoms with Crippen LogP contribution in [0.25, 0.3) is 10.9 Å². The highest BCUT2D eigenvalue weighted by atomic mass is 32.2. The van der Waals surface area contributed by atoms with Crippen LogP contribution in [0.1, 0.15) is 29.2 Å². The molecule has 4 nitrogen and oxygen atoms in total. The molecule has 1 aromatic heterocycles. The molecule has 2 atom stereocenters. The van der Waals surface area contributed by atoms with Crippen molar-refractivity contribution in [2.75, 3.05) is 6.26 Å². The number of aromatic amines is 1. The highest BCUT2D eigenvalue weighted by Crippen LogP contribution is 2.44. The van der Waals surface area contributed by atoms with Gasteiger partial charge >= 0.3 is 0 Å². The van der Waals surface area contributed by atoms with Gasteiger partial charge in [0, 0.05) is 28.8 Å². The van der Waals surface area contributed by atoms with E-state index < -0.39 is 10.0 Å². The van der Waals surface area contributed by atoms with E-state index in [1.54, 1.807) is 0 Å². The molecular weight excluding hydrogens is 308 g/mol. The van der Waals surface area contributed by atoms with Crippen LogP contribution in [0, 0.1) is 0 Å². The third-order valence-corrected chi connectivity index (χ3v) is 4.99. The van der Waals surface area contributed by atoms with Crippen molar-refractivity contribution in [3.8, 4) is 0 Å². The van der Waals surface area contributed by atoms with Crippen molar-refractivity contribution in [3.63, 3.8) is 0 Å². The molecular formula is C18H18N2O2S. The number of aromatic nitrogens is 1. The van der Waals surface area contributed by atoms with Crippen molar-refractivity contribution in [3.05, 3.63) is 65.4 Å². The largest absolute Gasteiger partial charge is 0.358 e. The zero-order chi connectivity index (χ0) is 16.0. The topological polar surface area (TPSA) is 65.4 Å². The molecule has 1 heterocycles. The van der Waals surface area contributed by atoms with Crippen LogP contribution < -0.4 is 0 Å². The zero-order valence-electron chi connectivity index (χ0n) is 12.8. The molecule has 2 N–H and O–H groups in total. The van der Waals surface area contributed by atoms with Crippen LogP contribution in [0.3, 0.4) is 0 Å². The van der Waals surface area contributed by atoms with Crippen LogP contribution in [0.15, 0.2) is 52.9 Å². The van der Waals surface area contributed by atoms with Crippen LogP contribution in [-0.4, -0.2) is 20.0 Å². The minimum atomic E-state index is -3.17. The molecule has 2 unspecified atom stereocenters. The third kappa shape index (κ3) is 2.56. The van der Waals surface area contributed by atoms with Gasteiger partial charge in [-0.15, -0.1) is 0 Å². The van der Waals surface area contributed by atoms with E-state index in [2.05, 4.69) is 27.5 Å². The van der Waals surface area contributed by atoms with Crippen molar-refractivity contribution < 1.29 is 8.76 Å². The predicted octanol–water partition coefficient (Wildman–Crippen LogP) is 4.45. The fourth-order valence-electron chi connectivity index (χ4n) is 3.58. The summed E-state index contributed by atoms with van der Waals surface area (Å²) < 4.78 is 25.3. The molecule has 1 aliphatic rings. The number of para-hydroxylation sites is 1. The predicted molar refractivity (Wildman–Crippen MR) is 93.7 cm³/mol. The van der Waals surface area contributed by atoms with Crippen molar-refractivity contribution >= 4 is 26.6 Å². The Morgan fingerprint density at radius 3 is 2.74 bits per heavy atom. The minimum Gasteiger partial charge on any atom is -0.358 e. The molecule has 5 heteroatoms. The molecule has 0 saturated carbocycles. The lowest BCUT2D eigenvalue weighted by Gasteiger charge is -2.13. The van der Waals surface area contributed by atoms with E-state index in [4.69, 9.17) is 0 Å². The maximum atomic E-state index is 11.7. The second-order valence-corrected chi connectivity index (χ2v) is 7.77. The Hall–Kier alpha value is -2.11.